The van der Waals surface area contributed by atoms with Gasteiger partial charge in [-0.05, 0) is 36.1 Å². The van der Waals surface area contributed by atoms with Crippen molar-refractivity contribution in [2.24, 2.45) is 0 Å². The predicted molar refractivity (Wildman–Crippen MR) is 109 cm³/mol. The monoisotopic (exact) mass is 398 g/mol. The van der Waals surface area contributed by atoms with Gasteiger partial charge in [0.25, 0.3) is 5.56 Å². The van der Waals surface area contributed by atoms with Crippen molar-refractivity contribution in [2.75, 3.05) is 32.7 Å². The molecule has 0 unspecified atom stereocenters. The lowest BCUT2D eigenvalue weighted by Crippen LogP contribution is -2.50. The highest BCUT2D eigenvalue weighted by molar-refractivity contribution is 5.84. The maximum atomic E-state index is 12.3. The van der Waals surface area contributed by atoms with Crippen LogP contribution in [0.4, 0.5) is 0 Å². The number of pyridine rings is 1. The molecule has 3 rings (SSSR count). The number of rotatable bonds is 5. The van der Waals surface area contributed by atoms with Gasteiger partial charge in [0.2, 0.25) is 17.7 Å². The normalized spacial score (nSPS) is 14.1. The van der Waals surface area contributed by atoms with Gasteiger partial charge in [-0.3, -0.25) is 19.2 Å². The van der Waals surface area contributed by atoms with E-state index in [0.717, 1.165) is 16.5 Å². The Balaban J connectivity index is 1.46. The average Bonchev–Trinajstić information content (AvgIpc) is 2.69. The average molecular weight is 398 g/mol. The summed E-state index contributed by atoms with van der Waals surface area (Å²) in [5, 5.41) is 3.67. The first-order chi connectivity index (χ1) is 13.8. The number of carbonyl (C=O) groups is 3. The fourth-order valence-electron chi connectivity index (χ4n) is 3.46. The first-order valence-corrected chi connectivity index (χ1v) is 9.76. The van der Waals surface area contributed by atoms with Crippen molar-refractivity contribution in [3.8, 4) is 0 Å². The number of amides is 3. The van der Waals surface area contributed by atoms with Crippen LogP contribution in [0.2, 0.25) is 0 Å². The highest BCUT2D eigenvalue weighted by atomic mass is 16.2. The van der Waals surface area contributed by atoms with Crippen molar-refractivity contribution in [1.82, 2.24) is 20.1 Å². The summed E-state index contributed by atoms with van der Waals surface area (Å²) in [5.74, 6) is -0.141. The zero-order valence-corrected chi connectivity index (χ0v) is 16.8. The molecule has 1 saturated heterocycles. The molecule has 2 aromatic rings. The Kier molecular flexibility index (Phi) is 6.31. The van der Waals surface area contributed by atoms with Crippen molar-refractivity contribution in [3.05, 3.63) is 45.7 Å². The molecule has 2 N–H and O–H groups in total. The van der Waals surface area contributed by atoms with Crippen LogP contribution in [0.3, 0.4) is 0 Å². The summed E-state index contributed by atoms with van der Waals surface area (Å²) < 4.78 is 0. The fourth-order valence-corrected chi connectivity index (χ4v) is 3.46. The fraction of sp³-hybridized carbons (Fsp3) is 0.429. The van der Waals surface area contributed by atoms with Gasteiger partial charge in [-0.25, -0.2) is 0 Å². The van der Waals surface area contributed by atoms with Gasteiger partial charge < -0.3 is 20.1 Å². The smallest absolute Gasteiger partial charge is 0.251 e. The number of benzene rings is 1. The van der Waals surface area contributed by atoms with E-state index in [4.69, 9.17) is 0 Å². The largest absolute Gasteiger partial charge is 0.355 e. The van der Waals surface area contributed by atoms with Gasteiger partial charge in [0.15, 0.2) is 0 Å². The maximum absolute atomic E-state index is 12.3. The number of piperazine rings is 1. The second-order valence-electron chi connectivity index (χ2n) is 7.37. The third kappa shape index (κ3) is 5.22. The predicted octanol–water partition coefficient (Wildman–Crippen LogP) is 0.576. The molecule has 0 aliphatic carbocycles. The molecule has 0 spiro atoms. The molecular formula is C21H26N4O4. The number of aromatic amines is 1. The highest BCUT2D eigenvalue weighted by Gasteiger charge is 2.22. The molecule has 1 aromatic heterocycles. The molecule has 154 valence electrons. The van der Waals surface area contributed by atoms with Gasteiger partial charge in [-0.1, -0.05) is 6.07 Å². The molecule has 1 fully saturated rings. The number of carbonyl (C=O) groups excluding carboxylic acids is 3. The Morgan fingerprint density at radius 3 is 2.45 bits per heavy atom. The van der Waals surface area contributed by atoms with Gasteiger partial charge >= 0.3 is 0 Å². The summed E-state index contributed by atoms with van der Waals surface area (Å²) in [6.07, 6.45) is 0.448. The quantitative estimate of drug-likeness (QED) is 0.769. The number of nitrogens with one attached hydrogen (secondary N) is 2. The Labute approximate surface area is 168 Å². The van der Waals surface area contributed by atoms with E-state index in [1.54, 1.807) is 28.9 Å². The van der Waals surface area contributed by atoms with E-state index >= 15 is 0 Å². The number of fused-ring (bicyclic) bond motifs is 1. The zero-order chi connectivity index (χ0) is 21.0. The lowest BCUT2D eigenvalue weighted by Gasteiger charge is -2.34. The molecule has 2 heterocycles. The van der Waals surface area contributed by atoms with Crippen molar-refractivity contribution in [3.63, 3.8) is 0 Å². The van der Waals surface area contributed by atoms with E-state index < -0.39 is 0 Å². The number of hydrogen-bond acceptors (Lipinski definition) is 4. The summed E-state index contributed by atoms with van der Waals surface area (Å²) in [4.78, 5) is 53.7. The topological polar surface area (TPSA) is 103 Å². The number of aromatic nitrogens is 1. The first-order valence-electron chi connectivity index (χ1n) is 9.76. The molecule has 0 bridgehead atoms. The molecule has 1 aromatic carbocycles. The van der Waals surface area contributed by atoms with Crippen molar-refractivity contribution >= 4 is 28.6 Å². The number of hydrogen-bond donors (Lipinski definition) is 2. The van der Waals surface area contributed by atoms with Gasteiger partial charge in [0.1, 0.15) is 0 Å². The minimum Gasteiger partial charge on any atom is -0.355 e. The van der Waals surface area contributed by atoms with E-state index in [2.05, 4.69) is 10.3 Å². The molecule has 1 aliphatic heterocycles. The molecular weight excluding hydrogens is 372 g/mol. The third-order valence-electron chi connectivity index (χ3n) is 5.20. The second-order valence-corrected chi connectivity index (χ2v) is 7.37. The number of nitrogens with zero attached hydrogens (tertiary/aromatic N) is 2. The minimum atomic E-state index is -0.153. The van der Waals surface area contributed by atoms with Crippen LogP contribution in [-0.4, -0.2) is 65.2 Å². The summed E-state index contributed by atoms with van der Waals surface area (Å²) in [6, 6.07) is 7.30. The molecule has 0 saturated carbocycles. The summed E-state index contributed by atoms with van der Waals surface area (Å²) in [5.41, 5.74) is 2.09. The lowest BCUT2D eigenvalue weighted by molar-refractivity contribution is -0.138. The van der Waals surface area contributed by atoms with E-state index in [-0.39, 0.29) is 42.7 Å². The van der Waals surface area contributed by atoms with Crippen LogP contribution in [0.5, 0.6) is 0 Å². The van der Waals surface area contributed by atoms with Gasteiger partial charge in [-0.2, -0.15) is 0 Å². The van der Waals surface area contributed by atoms with Crippen LogP contribution < -0.4 is 10.9 Å². The van der Waals surface area contributed by atoms with Crippen LogP contribution in [0.15, 0.2) is 29.1 Å². The van der Waals surface area contributed by atoms with Crippen LogP contribution >= 0.6 is 0 Å². The number of H-pyrrole nitrogens is 1. The van der Waals surface area contributed by atoms with Crippen molar-refractivity contribution in [2.45, 2.75) is 26.7 Å². The van der Waals surface area contributed by atoms with Crippen LogP contribution in [0, 0.1) is 6.92 Å². The third-order valence-corrected chi connectivity index (χ3v) is 5.20. The molecule has 1 aliphatic rings. The lowest BCUT2D eigenvalue weighted by atomic mass is 10.1. The minimum absolute atomic E-state index is 0.0152. The molecule has 8 heteroatoms. The zero-order valence-electron chi connectivity index (χ0n) is 16.8. The maximum Gasteiger partial charge on any atom is 0.251 e. The molecule has 0 atom stereocenters. The number of aryl methyl sites for hydroxylation is 1. The SMILES string of the molecule is CC(=O)N1CCN(C(=O)CCNC(=O)Cc2ccc3[nH]c(=O)c(C)cc3c2)CC1. The van der Waals surface area contributed by atoms with Crippen LogP contribution in [0.25, 0.3) is 10.9 Å². The van der Waals surface area contributed by atoms with Crippen LogP contribution in [0.1, 0.15) is 24.5 Å². The van der Waals surface area contributed by atoms with Gasteiger partial charge in [0.05, 0.1) is 6.42 Å². The van der Waals surface area contributed by atoms with Crippen molar-refractivity contribution < 1.29 is 14.4 Å². The highest BCUT2D eigenvalue weighted by Crippen LogP contribution is 2.14. The molecule has 8 nitrogen and oxygen atoms in total. The van der Waals surface area contributed by atoms with Gasteiger partial charge in [0, 0.05) is 57.1 Å². The Bertz CT molecular complexity index is 990. The molecule has 0 radical (unpaired) electrons. The van der Waals surface area contributed by atoms with E-state index in [1.807, 2.05) is 12.1 Å². The summed E-state index contributed by atoms with van der Waals surface area (Å²) >= 11 is 0. The van der Waals surface area contributed by atoms with Crippen molar-refractivity contribution in [1.29, 1.82) is 0 Å². The van der Waals surface area contributed by atoms with E-state index in [1.165, 1.54) is 6.92 Å². The second kappa shape index (κ2) is 8.89. The van der Waals surface area contributed by atoms with E-state index in [9.17, 15) is 19.2 Å². The molecule has 29 heavy (non-hydrogen) atoms. The standard InChI is InChI=1S/C21H26N4O4/c1-14-11-17-12-16(3-4-18(17)23-21(14)29)13-19(27)22-6-5-20(28)25-9-7-24(8-10-25)15(2)26/h3-4,11-12H,5-10,13H2,1-2H3,(H,22,27)(H,23,29). The Morgan fingerprint density at radius 1 is 1.07 bits per heavy atom. The van der Waals surface area contributed by atoms with E-state index in [0.29, 0.717) is 31.7 Å². The Morgan fingerprint density at radius 2 is 1.76 bits per heavy atom. The summed E-state index contributed by atoms with van der Waals surface area (Å²) in [7, 11) is 0. The Hall–Kier alpha value is -3.16. The van der Waals surface area contributed by atoms with Gasteiger partial charge in [-0.15, -0.1) is 0 Å². The molecule has 3 amide bonds. The first kappa shape index (κ1) is 20.6. The van der Waals surface area contributed by atoms with Crippen LogP contribution in [-0.2, 0) is 20.8 Å². The summed E-state index contributed by atoms with van der Waals surface area (Å²) in [6.45, 7) is 5.73.